The Morgan fingerprint density at radius 1 is 1.16 bits per heavy atom. The first-order valence-corrected chi connectivity index (χ1v) is 7.17. The molecule has 1 aliphatic carbocycles. The van der Waals surface area contributed by atoms with Crippen molar-refractivity contribution < 1.29 is 0 Å². The lowest BCUT2D eigenvalue weighted by Crippen LogP contribution is -2.46. The van der Waals surface area contributed by atoms with Crippen LogP contribution in [0.25, 0.3) is 0 Å². The van der Waals surface area contributed by atoms with Gasteiger partial charge in [0, 0.05) is 18.7 Å². The Labute approximate surface area is 113 Å². The molecular weight excluding hydrogens is 234 g/mol. The molecule has 0 radical (unpaired) electrons. The SMILES string of the molecule is CC1(c2ccc3c(c2)CCC3)NCCc2[nH]cnc21. The minimum atomic E-state index is -0.148. The van der Waals surface area contributed by atoms with Gasteiger partial charge in [0.05, 0.1) is 17.6 Å². The molecule has 2 N–H and O–H groups in total. The van der Waals surface area contributed by atoms with Crippen molar-refractivity contribution in [2.45, 2.75) is 38.1 Å². The smallest absolute Gasteiger partial charge is 0.0926 e. The predicted octanol–water partition coefficient (Wildman–Crippen LogP) is 2.31. The molecule has 1 aliphatic heterocycles. The van der Waals surface area contributed by atoms with Crippen LogP contribution in [0, 0.1) is 0 Å². The summed E-state index contributed by atoms with van der Waals surface area (Å²) in [7, 11) is 0. The van der Waals surface area contributed by atoms with Crippen molar-refractivity contribution >= 4 is 0 Å². The topological polar surface area (TPSA) is 40.7 Å². The summed E-state index contributed by atoms with van der Waals surface area (Å²) in [5.74, 6) is 0. The van der Waals surface area contributed by atoms with E-state index in [4.69, 9.17) is 0 Å². The molecule has 1 unspecified atom stereocenters. The molecule has 0 amide bonds. The fourth-order valence-corrected chi connectivity index (χ4v) is 3.59. The third kappa shape index (κ3) is 1.58. The molecule has 0 bridgehead atoms. The van der Waals surface area contributed by atoms with Crippen molar-refractivity contribution in [1.82, 2.24) is 15.3 Å². The number of aromatic nitrogens is 2. The monoisotopic (exact) mass is 253 g/mol. The maximum absolute atomic E-state index is 4.56. The number of hydrogen-bond acceptors (Lipinski definition) is 2. The van der Waals surface area contributed by atoms with Crippen LogP contribution in [-0.4, -0.2) is 16.5 Å². The summed E-state index contributed by atoms with van der Waals surface area (Å²) in [6.07, 6.45) is 6.63. The van der Waals surface area contributed by atoms with Crippen LogP contribution in [0.5, 0.6) is 0 Å². The van der Waals surface area contributed by atoms with Crippen LogP contribution in [0.4, 0.5) is 0 Å². The molecule has 1 aromatic heterocycles. The summed E-state index contributed by atoms with van der Waals surface area (Å²) in [5.41, 5.74) is 6.71. The van der Waals surface area contributed by atoms with Gasteiger partial charge in [-0.1, -0.05) is 18.2 Å². The van der Waals surface area contributed by atoms with Gasteiger partial charge in [0.1, 0.15) is 0 Å². The zero-order chi connectivity index (χ0) is 12.9. The van der Waals surface area contributed by atoms with Gasteiger partial charge in [-0.2, -0.15) is 0 Å². The number of nitrogens with zero attached hydrogens (tertiary/aromatic N) is 1. The van der Waals surface area contributed by atoms with E-state index in [1.54, 1.807) is 0 Å². The van der Waals surface area contributed by atoms with Gasteiger partial charge in [0.2, 0.25) is 0 Å². The molecule has 98 valence electrons. The Morgan fingerprint density at radius 3 is 3.00 bits per heavy atom. The van der Waals surface area contributed by atoms with Gasteiger partial charge in [0.25, 0.3) is 0 Å². The van der Waals surface area contributed by atoms with E-state index in [2.05, 4.69) is 40.4 Å². The highest BCUT2D eigenvalue weighted by Crippen LogP contribution is 2.35. The number of H-pyrrole nitrogens is 1. The highest BCUT2D eigenvalue weighted by molar-refractivity contribution is 5.43. The number of aromatic amines is 1. The lowest BCUT2D eigenvalue weighted by molar-refractivity contribution is 0.403. The molecule has 0 spiro atoms. The first kappa shape index (κ1) is 11.2. The lowest BCUT2D eigenvalue weighted by atomic mass is 9.83. The Hall–Kier alpha value is -1.61. The minimum Gasteiger partial charge on any atom is -0.348 e. The number of nitrogens with one attached hydrogen (secondary N) is 2. The third-order valence-electron chi connectivity index (χ3n) is 4.72. The van der Waals surface area contributed by atoms with Crippen LogP contribution in [0.1, 0.15) is 41.4 Å². The largest absolute Gasteiger partial charge is 0.348 e. The molecule has 0 fully saturated rings. The van der Waals surface area contributed by atoms with Crippen LogP contribution in [0.15, 0.2) is 24.5 Å². The van der Waals surface area contributed by atoms with Crippen LogP contribution in [0.3, 0.4) is 0 Å². The standard InChI is InChI=1S/C16H19N3/c1-16(15-14(7-8-19-16)17-10-18-15)13-6-5-11-3-2-4-12(11)9-13/h5-6,9-10,19H,2-4,7-8H2,1H3,(H,17,18). The average molecular weight is 253 g/mol. The quantitative estimate of drug-likeness (QED) is 0.819. The van der Waals surface area contributed by atoms with Gasteiger partial charge in [-0.05, 0) is 42.9 Å². The van der Waals surface area contributed by atoms with Gasteiger partial charge < -0.3 is 10.3 Å². The van der Waals surface area contributed by atoms with E-state index in [1.165, 1.54) is 41.6 Å². The Bertz CT molecular complexity index is 629. The van der Waals surface area contributed by atoms with Gasteiger partial charge in [0.15, 0.2) is 0 Å². The minimum absolute atomic E-state index is 0.148. The average Bonchev–Trinajstić information content (AvgIpc) is 3.07. The molecule has 2 aromatic rings. The number of hydrogen-bond donors (Lipinski definition) is 2. The molecular formula is C16H19N3. The maximum Gasteiger partial charge on any atom is 0.0926 e. The van der Waals surface area contributed by atoms with E-state index >= 15 is 0 Å². The second-order valence-electron chi connectivity index (χ2n) is 5.87. The number of benzene rings is 1. The molecule has 2 heterocycles. The zero-order valence-electron chi connectivity index (χ0n) is 11.3. The van der Waals surface area contributed by atoms with Crippen molar-refractivity contribution in [3.63, 3.8) is 0 Å². The van der Waals surface area contributed by atoms with Crippen molar-refractivity contribution in [3.05, 3.63) is 52.6 Å². The molecule has 1 atom stereocenters. The molecule has 1 aromatic carbocycles. The van der Waals surface area contributed by atoms with Crippen LogP contribution in [0.2, 0.25) is 0 Å². The summed E-state index contributed by atoms with van der Waals surface area (Å²) < 4.78 is 0. The first-order chi connectivity index (χ1) is 9.27. The van der Waals surface area contributed by atoms with Crippen molar-refractivity contribution in [1.29, 1.82) is 0 Å². The van der Waals surface area contributed by atoms with Crippen LogP contribution >= 0.6 is 0 Å². The molecule has 0 saturated heterocycles. The van der Waals surface area contributed by atoms with Crippen molar-refractivity contribution in [3.8, 4) is 0 Å². The summed E-state index contributed by atoms with van der Waals surface area (Å²) >= 11 is 0. The highest BCUT2D eigenvalue weighted by atomic mass is 15.1. The summed E-state index contributed by atoms with van der Waals surface area (Å²) in [4.78, 5) is 7.85. The van der Waals surface area contributed by atoms with Gasteiger partial charge in [-0.15, -0.1) is 0 Å². The first-order valence-electron chi connectivity index (χ1n) is 7.17. The highest BCUT2D eigenvalue weighted by Gasteiger charge is 2.36. The number of imidazole rings is 1. The molecule has 2 aliphatic rings. The predicted molar refractivity (Wildman–Crippen MR) is 75.2 cm³/mol. The second kappa shape index (κ2) is 3.94. The van der Waals surface area contributed by atoms with E-state index in [9.17, 15) is 0 Å². The maximum atomic E-state index is 4.56. The van der Waals surface area contributed by atoms with Gasteiger partial charge in [-0.25, -0.2) is 4.98 Å². The molecule has 4 rings (SSSR count). The Kier molecular flexibility index (Phi) is 2.33. The number of fused-ring (bicyclic) bond motifs is 2. The lowest BCUT2D eigenvalue weighted by Gasteiger charge is -2.35. The summed E-state index contributed by atoms with van der Waals surface area (Å²) in [5, 5.41) is 3.66. The van der Waals surface area contributed by atoms with Gasteiger partial charge in [-0.3, -0.25) is 0 Å². The van der Waals surface area contributed by atoms with Crippen molar-refractivity contribution in [2.24, 2.45) is 0 Å². The van der Waals surface area contributed by atoms with Crippen molar-refractivity contribution in [2.75, 3.05) is 6.54 Å². The van der Waals surface area contributed by atoms with Crippen LogP contribution < -0.4 is 5.32 Å². The van der Waals surface area contributed by atoms with E-state index in [-0.39, 0.29) is 5.54 Å². The summed E-state index contributed by atoms with van der Waals surface area (Å²) in [6.45, 7) is 3.26. The Balaban J connectivity index is 1.84. The molecule has 3 nitrogen and oxygen atoms in total. The van der Waals surface area contributed by atoms with Crippen LogP contribution in [-0.2, 0) is 24.8 Å². The van der Waals surface area contributed by atoms with E-state index in [1.807, 2.05) is 6.33 Å². The molecule has 0 saturated carbocycles. The number of aryl methyl sites for hydroxylation is 2. The Morgan fingerprint density at radius 2 is 2.05 bits per heavy atom. The fourth-order valence-electron chi connectivity index (χ4n) is 3.59. The van der Waals surface area contributed by atoms with E-state index in [0.717, 1.165) is 18.7 Å². The fraction of sp³-hybridized carbons (Fsp3) is 0.438. The molecule has 19 heavy (non-hydrogen) atoms. The van der Waals surface area contributed by atoms with E-state index in [0.29, 0.717) is 0 Å². The molecule has 3 heteroatoms. The number of rotatable bonds is 1. The summed E-state index contributed by atoms with van der Waals surface area (Å²) in [6, 6.07) is 6.98. The third-order valence-corrected chi connectivity index (χ3v) is 4.72. The second-order valence-corrected chi connectivity index (χ2v) is 5.87. The zero-order valence-corrected chi connectivity index (χ0v) is 11.3. The van der Waals surface area contributed by atoms with E-state index < -0.39 is 0 Å². The van der Waals surface area contributed by atoms with Gasteiger partial charge >= 0.3 is 0 Å². The normalized spacial score (nSPS) is 25.1.